The lowest BCUT2D eigenvalue weighted by Crippen LogP contribution is -2.16. The van der Waals surface area contributed by atoms with E-state index in [1.807, 2.05) is 0 Å². The molecule has 90 valence electrons. The van der Waals surface area contributed by atoms with Crippen LogP contribution in [0, 0.1) is 13.8 Å². The van der Waals surface area contributed by atoms with E-state index in [2.05, 4.69) is 54.2 Å². The van der Waals surface area contributed by atoms with Gasteiger partial charge in [-0.1, -0.05) is 35.7 Å². The fourth-order valence-electron chi connectivity index (χ4n) is 1.93. The van der Waals surface area contributed by atoms with Gasteiger partial charge in [0.05, 0.1) is 0 Å². The van der Waals surface area contributed by atoms with E-state index in [1.54, 1.807) is 0 Å². The number of halogens is 1. The van der Waals surface area contributed by atoms with Crippen LogP contribution in [0.25, 0.3) is 0 Å². The maximum absolute atomic E-state index is 3.53. The number of benzene rings is 1. The maximum atomic E-state index is 3.53. The second kappa shape index (κ2) is 7.08. The minimum atomic E-state index is 0.995. The Morgan fingerprint density at radius 1 is 1.12 bits per heavy atom. The number of hydrogen-bond donors (Lipinski definition) is 1. The molecule has 2 heteroatoms. The minimum Gasteiger partial charge on any atom is -0.313 e. The van der Waals surface area contributed by atoms with Crippen LogP contribution in [-0.2, 0) is 6.54 Å². The molecule has 0 unspecified atom stereocenters. The van der Waals surface area contributed by atoms with Gasteiger partial charge in [-0.2, -0.15) is 0 Å². The summed E-state index contributed by atoms with van der Waals surface area (Å²) in [5.41, 5.74) is 4.18. The molecule has 1 N–H and O–H groups in total. The van der Waals surface area contributed by atoms with Gasteiger partial charge in [-0.25, -0.2) is 0 Å². The first kappa shape index (κ1) is 13.7. The average Bonchev–Trinajstić information content (AvgIpc) is 2.20. The van der Waals surface area contributed by atoms with Crippen molar-refractivity contribution in [3.63, 3.8) is 0 Å². The Morgan fingerprint density at radius 2 is 1.75 bits per heavy atom. The average molecular weight is 284 g/mol. The first-order chi connectivity index (χ1) is 7.65. The van der Waals surface area contributed by atoms with Crippen molar-refractivity contribution in [3.05, 3.63) is 33.3 Å². The van der Waals surface area contributed by atoms with Crippen molar-refractivity contribution in [2.45, 2.75) is 46.6 Å². The third kappa shape index (κ3) is 4.26. The van der Waals surface area contributed by atoms with Gasteiger partial charge in [-0.3, -0.25) is 0 Å². The van der Waals surface area contributed by atoms with E-state index in [1.165, 1.54) is 40.4 Å². The van der Waals surface area contributed by atoms with Gasteiger partial charge in [0.25, 0.3) is 0 Å². The van der Waals surface area contributed by atoms with E-state index >= 15 is 0 Å². The highest BCUT2D eigenvalue weighted by Crippen LogP contribution is 2.20. The van der Waals surface area contributed by atoms with E-state index in [0.29, 0.717) is 0 Å². The maximum Gasteiger partial charge on any atom is 0.0210 e. The number of rotatable bonds is 6. The fraction of sp³-hybridized carbons (Fsp3) is 0.571. The number of hydrogen-bond acceptors (Lipinski definition) is 1. The molecular formula is C14H22BrN. The normalized spacial score (nSPS) is 10.8. The molecular weight excluding hydrogens is 262 g/mol. The van der Waals surface area contributed by atoms with E-state index in [-0.39, 0.29) is 0 Å². The highest BCUT2D eigenvalue weighted by molar-refractivity contribution is 9.10. The molecule has 0 heterocycles. The molecule has 16 heavy (non-hydrogen) atoms. The Balaban J connectivity index is 2.47. The first-order valence-electron chi connectivity index (χ1n) is 6.11. The van der Waals surface area contributed by atoms with Crippen molar-refractivity contribution in [1.29, 1.82) is 0 Å². The largest absolute Gasteiger partial charge is 0.313 e. The molecule has 0 aliphatic carbocycles. The second-order valence-corrected chi connectivity index (χ2v) is 5.32. The second-order valence-electron chi connectivity index (χ2n) is 4.40. The van der Waals surface area contributed by atoms with E-state index in [4.69, 9.17) is 0 Å². The third-order valence-corrected chi connectivity index (χ3v) is 3.38. The summed E-state index contributed by atoms with van der Waals surface area (Å²) < 4.78 is 1.18. The molecule has 0 aromatic heterocycles. The molecule has 0 bridgehead atoms. The van der Waals surface area contributed by atoms with Crippen molar-refractivity contribution >= 4 is 15.9 Å². The zero-order valence-electron chi connectivity index (χ0n) is 10.6. The summed E-state index contributed by atoms with van der Waals surface area (Å²) in [7, 11) is 0. The highest BCUT2D eigenvalue weighted by atomic mass is 79.9. The van der Waals surface area contributed by atoms with Gasteiger partial charge in [-0.15, -0.1) is 0 Å². The topological polar surface area (TPSA) is 12.0 Å². The molecule has 1 aromatic rings. The Morgan fingerprint density at radius 3 is 2.31 bits per heavy atom. The molecule has 0 atom stereocenters. The van der Waals surface area contributed by atoms with Gasteiger partial charge >= 0.3 is 0 Å². The van der Waals surface area contributed by atoms with Crippen LogP contribution in [0.2, 0.25) is 0 Å². The standard InChI is InChI=1S/C14H22BrN/c1-4-5-6-7-16-10-14-11(2)8-13(15)9-12(14)3/h8-9,16H,4-7,10H2,1-3H3. The summed E-state index contributed by atoms with van der Waals surface area (Å²) in [6, 6.07) is 4.38. The number of unbranched alkanes of at least 4 members (excludes halogenated alkanes) is 2. The molecule has 0 radical (unpaired) electrons. The van der Waals surface area contributed by atoms with Crippen molar-refractivity contribution in [1.82, 2.24) is 5.32 Å². The zero-order valence-corrected chi connectivity index (χ0v) is 12.2. The van der Waals surface area contributed by atoms with E-state index in [9.17, 15) is 0 Å². The predicted octanol–water partition coefficient (Wildman–Crippen LogP) is 4.35. The lowest BCUT2D eigenvalue weighted by atomic mass is 10.0. The molecule has 1 aromatic carbocycles. The summed E-state index contributed by atoms with van der Waals surface area (Å²) in [4.78, 5) is 0. The van der Waals surface area contributed by atoms with Crippen molar-refractivity contribution in [2.75, 3.05) is 6.54 Å². The zero-order chi connectivity index (χ0) is 12.0. The summed E-state index contributed by atoms with van der Waals surface area (Å²) in [5.74, 6) is 0. The summed E-state index contributed by atoms with van der Waals surface area (Å²) in [6.07, 6.45) is 3.90. The Labute approximate surface area is 108 Å². The number of nitrogens with one attached hydrogen (secondary N) is 1. The van der Waals surface area contributed by atoms with Gasteiger partial charge in [-0.05, 0) is 55.6 Å². The van der Waals surface area contributed by atoms with Gasteiger partial charge in [0.2, 0.25) is 0 Å². The Kier molecular flexibility index (Phi) is 6.07. The van der Waals surface area contributed by atoms with E-state index in [0.717, 1.165) is 13.1 Å². The van der Waals surface area contributed by atoms with Crippen LogP contribution in [0.4, 0.5) is 0 Å². The monoisotopic (exact) mass is 283 g/mol. The molecule has 0 saturated carbocycles. The first-order valence-corrected chi connectivity index (χ1v) is 6.90. The smallest absolute Gasteiger partial charge is 0.0210 e. The van der Waals surface area contributed by atoms with Crippen LogP contribution in [-0.4, -0.2) is 6.54 Å². The lowest BCUT2D eigenvalue weighted by molar-refractivity contribution is 0.614. The predicted molar refractivity (Wildman–Crippen MR) is 74.8 cm³/mol. The van der Waals surface area contributed by atoms with Gasteiger partial charge < -0.3 is 5.32 Å². The third-order valence-electron chi connectivity index (χ3n) is 2.92. The SMILES string of the molecule is CCCCCNCc1c(C)cc(Br)cc1C. The molecule has 1 rings (SSSR count). The molecule has 0 aliphatic heterocycles. The van der Waals surface area contributed by atoms with Gasteiger partial charge in [0.15, 0.2) is 0 Å². The fourth-order valence-corrected chi connectivity index (χ4v) is 2.62. The van der Waals surface area contributed by atoms with E-state index < -0.39 is 0 Å². The molecule has 0 aliphatic rings. The van der Waals surface area contributed by atoms with Crippen LogP contribution < -0.4 is 5.32 Å². The van der Waals surface area contributed by atoms with Crippen LogP contribution in [0.5, 0.6) is 0 Å². The van der Waals surface area contributed by atoms with Gasteiger partial charge in [0.1, 0.15) is 0 Å². The molecule has 0 amide bonds. The minimum absolute atomic E-state index is 0.995. The number of aryl methyl sites for hydroxylation is 2. The van der Waals surface area contributed by atoms with Crippen LogP contribution in [0.3, 0.4) is 0 Å². The van der Waals surface area contributed by atoms with Crippen molar-refractivity contribution in [3.8, 4) is 0 Å². The van der Waals surface area contributed by atoms with Gasteiger partial charge in [0, 0.05) is 11.0 Å². The van der Waals surface area contributed by atoms with Crippen molar-refractivity contribution in [2.24, 2.45) is 0 Å². The van der Waals surface area contributed by atoms with Crippen LogP contribution in [0.15, 0.2) is 16.6 Å². The van der Waals surface area contributed by atoms with Crippen LogP contribution >= 0.6 is 15.9 Å². The Bertz CT molecular complexity index is 311. The molecule has 0 fully saturated rings. The summed E-state index contributed by atoms with van der Waals surface area (Å²) in [5, 5.41) is 3.52. The Hall–Kier alpha value is -0.340. The van der Waals surface area contributed by atoms with Crippen LogP contribution in [0.1, 0.15) is 42.9 Å². The molecule has 0 saturated heterocycles. The summed E-state index contributed by atoms with van der Waals surface area (Å²) in [6.45, 7) is 8.72. The molecule has 0 spiro atoms. The summed E-state index contributed by atoms with van der Waals surface area (Å²) >= 11 is 3.53. The van der Waals surface area contributed by atoms with Crippen molar-refractivity contribution < 1.29 is 0 Å². The lowest BCUT2D eigenvalue weighted by Gasteiger charge is -2.11. The quantitative estimate of drug-likeness (QED) is 0.766. The molecule has 1 nitrogen and oxygen atoms in total. The highest BCUT2D eigenvalue weighted by Gasteiger charge is 2.03.